The van der Waals surface area contributed by atoms with Crippen molar-refractivity contribution in [2.24, 2.45) is 0 Å². The number of aryl methyl sites for hydroxylation is 1. The van der Waals surface area contributed by atoms with E-state index in [1.54, 1.807) is 36.1 Å². The van der Waals surface area contributed by atoms with Gasteiger partial charge in [-0.05, 0) is 37.6 Å². The Kier molecular flexibility index (Phi) is 4.61. The molecule has 1 aliphatic heterocycles. The molecule has 1 atom stereocenters. The number of rotatable bonds is 4. The maximum atomic E-state index is 12.5. The molecule has 0 unspecified atom stereocenters. The number of carbonyl (C=O) groups excluding carboxylic acids is 1. The van der Waals surface area contributed by atoms with Crippen LogP contribution in [0.4, 0.5) is 8.78 Å². The van der Waals surface area contributed by atoms with E-state index in [4.69, 9.17) is 4.52 Å². The Morgan fingerprint density at radius 1 is 1.39 bits per heavy atom. The number of likely N-dealkylation sites (tertiary alicyclic amines) is 1. The van der Waals surface area contributed by atoms with Crippen molar-refractivity contribution in [3.8, 4) is 0 Å². The maximum absolute atomic E-state index is 12.5. The molecule has 5 nitrogen and oxygen atoms in total. The van der Waals surface area contributed by atoms with Crippen molar-refractivity contribution in [2.45, 2.75) is 29.9 Å². The summed E-state index contributed by atoms with van der Waals surface area (Å²) in [5.41, 5.74) is 0.492. The Morgan fingerprint density at radius 3 is 2.74 bits per heavy atom. The van der Waals surface area contributed by atoms with Gasteiger partial charge in [0.15, 0.2) is 5.82 Å². The van der Waals surface area contributed by atoms with Crippen LogP contribution in [-0.4, -0.2) is 39.8 Å². The minimum absolute atomic E-state index is 0.0498. The molecular formula is C15H15F2N3O2S. The number of benzene rings is 1. The summed E-state index contributed by atoms with van der Waals surface area (Å²) in [6, 6.07) is 6.24. The second kappa shape index (κ2) is 6.66. The van der Waals surface area contributed by atoms with Gasteiger partial charge in [-0.15, -0.1) is 0 Å². The standard InChI is InChI=1S/C15H15F2N3O2S/c1-9-18-13(22-19-9)11-6-7-20(8-11)14(21)10-2-4-12(5-3-10)23-15(16)17/h2-5,11,15H,6-8H2,1H3/t11-/m0/s1. The fourth-order valence-electron chi connectivity index (χ4n) is 2.59. The van der Waals surface area contributed by atoms with E-state index in [0.717, 1.165) is 6.42 Å². The highest BCUT2D eigenvalue weighted by molar-refractivity contribution is 7.99. The zero-order valence-corrected chi connectivity index (χ0v) is 13.2. The van der Waals surface area contributed by atoms with Crippen LogP contribution in [0.5, 0.6) is 0 Å². The molecule has 2 heterocycles. The van der Waals surface area contributed by atoms with E-state index < -0.39 is 5.76 Å². The largest absolute Gasteiger partial charge is 0.339 e. The number of halogens is 2. The number of hydrogen-bond donors (Lipinski definition) is 0. The summed E-state index contributed by atoms with van der Waals surface area (Å²) in [5.74, 6) is -1.39. The fourth-order valence-corrected chi connectivity index (χ4v) is 3.09. The summed E-state index contributed by atoms with van der Waals surface area (Å²) in [5, 5.41) is 3.77. The van der Waals surface area contributed by atoms with Crippen LogP contribution in [0.15, 0.2) is 33.7 Å². The second-order valence-electron chi connectivity index (χ2n) is 5.32. The van der Waals surface area contributed by atoms with Crippen molar-refractivity contribution in [3.05, 3.63) is 41.5 Å². The summed E-state index contributed by atoms with van der Waals surface area (Å²) in [6.07, 6.45) is 0.771. The van der Waals surface area contributed by atoms with Gasteiger partial charge >= 0.3 is 0 Å². The van der Waals surface area contributed by atoms with Crippen molar-refractivity contribution in [2.75, 3.05) is 13.1 Å². The minimum Gasteiger partial charge on any atom is -0.339 e. The first kappa shape index (κ1) is 15.9. The molecule has 0 aliphatic carbocycles. The summed E-state index contributed by atoms with van der Waals surface area (Å²) in [4.78, 5) is 18.8. The number of aromatic nitrogens is 2. The van der Waals surface area contributed by atoms with Gasteiger partial charge in [0.05, 0.1) is 5.92 Å². The Morgan fingerprint density at radius 2 is 2.13 bits per heavy atom. The van der Waals surface area contributed by atoms with Crippen LogP contribution >= 0.6 is 11.8 Å². The highest BCUT2D eigenvalue weighted by atomic mass is 32.2. The molecule has 1 saturated heterocycles. The summed E-state index contributed by atoms with van der Waals surface area (Å²) in [7, 11) is 0. The predicted octanol–water partition coefficient (Wildman–Crippen LogP) is 3.32. The molecule has 1 fully saturated rings. The molecule has 0 radical (unpaired) electrons. The van der Waals surface area contributed by atoms with Crippen molar-refractivity contribution < 1.29 is 18.1 Å². The molecule has 1 amide bonds. The topological polar surface area (TPSA) is 59.2 Å². The molecule has 8 heteroatoms. The number of thioether (sulfide) groups is 1. The maximum Gasteiger partial charge on any atom is 0.288 e. The Balaban J connectivity index is 1.64. The van der Waals surface area contributed by atoms with E-state index in [9.17, 15) is 13.6 Å². The number of alkyl halides is 2. The SMILES string of the molecule is Cc1noc([C@H]2CCN(C(=O)c3ccc(SC(F)F)cc3)C2)n1. The van der Waals surface area contributed by atoms with Crippen molar-refractivity contribution in [1.29, 1.82) is 0 Å². The highest BCUT2D eigenvalue weighted by Gasteiger charge is 2.31. The lowest BCUT2D eigenvalue weighted by Gasteiger charge is -2.16. The molecule has 1 aromatic carbocycles. The molecule has 0 spiro atoms. The first-order valence-electron chi connectivity index (χ1n) is 7.17. The van der Waals surface area contributed by atoms with Gasteiger partial charge < -0.3 is 9.42 Å². The third-order valence-electron chi connectivity index (χ3n) is 3.69. The van der Waals surface area contributed by atoms with Crippen LogP contribution in [0, 0.1) is 6.92 Å². The van der Waals surface area contributed by atoms with Gasteiger partial charge in [-0.3, -0.25) is 4.79 Å². The molecule has 0 bridgehead atoms. The van der Waals surface area contributed by atoms with Gasteiger partial charge in [-0.2, -0.15) is 13.8 Å². The highest BCUT2D eigenvalue weighted by Crippen LogP contribution is 2.28. The third-order valence-corrected chi connectivity index (χ3v) is 4.42. The lowest BCUT2D eigenvalue weighted by molar-refractivity contribution is 0.0789. The van der Waals surface area contributed by atoms with Crippen LogP contribution in [0.25, 0.3) is 0 Å². The van der Waals surface area contributed by atoms with Gasteiger partial charge in [-0.25, -0.2) is 0 Å². The second-order valence-corrected chi connectivity index (χ2v) is 6.38. The lowest BCUT2D eigenvalue weighted by atomic mass is 10.1. The summed E-state index contributed by atoms with van der Waals surface area (Å²) < 4.78 is 29.8. The molecule has 23 heavy (non-hydrogen) atoms. The van der Waals surface area contributed by atoms with Gasteiger partial charge in [0.25, 0.3) is 11.7 Å². The van der Waals surface area contributed by atoms with Gasteiger partial charge in [0, 0.05) is 23.5 Å². The number of hydrogen-bond acceptors (Lipinski definition) is 5. The van der Waals surface area contributed by atoms with Gasteiger partial charge in [0.2, 0.25) is 5.89 Å². The van der Waals surface area contributed by atoms with E-state index in [1.165, 1.54) is 0 Å². The number of nitrogens with zero attached hydrogens (tertiary/aromatic N) is 3. The van der Waals surface area contributed by atoms with Crippen molar-refractivity contribution in [1.82, 2.24) is 15.0 Å². The molecule has 0 saturated carbocycles. The normalized spacial score (nSPS) is 17.9. The van der Waals surface area contributed by atoms with E-state index in [-0.39, 0.29) is 11.8 Å². The summed E-state index contributed by atoms with van der Waals surface area (Å²) in [6.45, 7) is 2.89. The van der Waals surface area contributed by atoms with E-state index in [1.807, 2.05) is 0 Å². The molecule has 3 rings (SSSR count). The first-order valence-corrected chi connectivity index (χ1v) is 8.05. The molecule has 0 N–H and O–H groups in total. The van der Waals surface area contributed by atoms with Crippen molar-refractivity contribution in [3.63, 3.8) is 0 Å². The van der Waals surface area contributed by atoms with E-state index in [0.29, 0.717) is 47.0 Å². The van der Waals surface area contributed by atoms with Crippen LogP contribution in [0.3, 0.4) is 0 Å². The van der Waals surface area contributed by atoms with E-state index >= 15 is 0 Å². The molecule has 1 aromatic heterocycles. The number of carbonyl (C=O) groups is 1. The quantitative estimate of drug-likeness (QED) is 0.800. The van der Waals surface area contributed by atoms with Gasteiger partial charge in [0.1, 0.15) is 0 Å². The summed E-state index contributed by atoms with van der Waals surface area (Å²) >= 11 is 0.465. The predicted molar refractivity (Wildman–Crippen MR) is 80.6 cm³/mol. The number of amides is 1. The van der Waals surface area contributed by atoms with Crippen LogP contribution in [-0.2, 0) is 0 Å². The van der Waals surface area contributed by atoms with Gasteiger partial charge in [-0.1, -0.05) is 16.9 Å². The fraction of sp³-hybridized carbons (Fsp3) is 0.400. The van der Waals surface area contributed by atoms with Crippen LogP contribution in [0.1, 0.15) is 34.4 Å². The monoisotopic (exact) mass is 339 g/mol. The van der Waals surface area contributed by atoms with Crippen LogP contribution in [0.2, 0.25) is 0 Å². The minimum atomic E-state index is -2.46. The third kappa shape index (κ3) is 3.69. The zero-order chi connectivity index (χ0) is 16.4. The Labute approximate surface area is 136 Å². The molecular weight excluding hydrogens is 324 g/mol. The van der Waals surface area contributed by atoms with Crippen LogP contribution < -0.4 is 0 Å². The van der Waals surface area contributed by atoms with E-state index in [2.05, 4.69) is 10.1 Å². The average molecular weight is 339 g/mol. The zero-order valence-electron chi connectivity index (χ0n) is 12.4. The average Bonchev–Trinajstić information content (AvgIpc) is 3.15. The Bertz CT molecular complexity index is 690. The molecule has 2 aromatic rings. The molecule has 122 valence electrons. The first-order chi connectivity index (χ1) is 11.0. The Hall–Kier alpha value is -1.96. The lowest BCUT2D eigenvalue weighted by Crippen LogP contribution is -2.28. The molecule has 1 aliphatic rings. The smallest absolute Gasteiger partial charge is 0.288 e. The van der Waals surface area contributed by atoms with Crippen molar-refractivity contribution >= 4 is 17.7 Å².